The number of nitrogens with zero attached hydrogens (tertiary/aromatic N) is 2. The molecule has 0 N–H and O–H groups in total. The van der Waals surface area contributed by atoms with E-state index in [1.54, 1.807) is 13.3 Å². The molecule has 0 radical (unpaired) electrons. The Morgan fingerprint density at radius 3 is 2.78 bits per heavy atom. The molecule has 4 nitrogen and oxygen atoms in total. The Labute approximate surface area is 111 Å². The van der Waals surface area contributed by atoms with Crippen LogP contribution in [0, 0.1) is 0 Å². The van der Waals surface area contributed by atoms with Crippen molar-refractivity contribution in [2.24, 2.45) is 0 Å². The van der Waals surface area contributed by atoms with Gasteiger partial charge in [0.1, 0.15) is 10.9 Å². The van der Waals surface area contributed by atoms with Crippen LogP contribution in [0.1, 0.15) is 11.3 Å². The van der Waals surface area contributed by atoms with Gasteiger partial charge in [-0.2, -0.15) is 0 Å². The van der Waals surface area contributed by atoms with Gasteiger partial charge in [-0.1, -0.05) is 23.7 Å². The van der Waals surface area contributed by atoms with Gasteiger partial charge in [0.25, 0.3) is 0 Å². The Kier molecular flexibility index (Phi) is 4.50. The average molecular weight is 265 g/mol. The van der Waals surface area contributed by atoms with Crippen LogP contribution in [0.2, 0.25) is 5.15 Å². The summed E-state index contributed by atoms with van der Waals surface area (Å²) < 4.78 is 10.7. The first kappa shape index (κ1) is 12.8. The fourth-order valence-electron chi connectivity index (χ4n) is 1.45. The van der Waals surface area contributed by atoms with Gasteiger partial charge in [0.15, 0.2) is 0 Å². The minimum Gasteiger partial charge on any atom is -0.497 e. The minimum absolute atomic E-state index is 0.381. The number of aromatic nitrogens is 2. The Balaban J connectivity index is 1.86. The number of benzene rings is 1. The van der Waals surface area contributed by atoms with E-state index in [2.05, 4.69) is 9.97 Å². The second kappa shape index (κ2) is 6.33. The molecule has 0 aliphatic carbocycles. The molecule has 2 rings (SSSR count). The molecule has 0 aliphatic rings. The summed E-state index contributed by atoms with van der Waals surface area (Å²) in [4.78, 5) is 8.03. The molecule has 0 fully saturated rings. The maximum atomic E-state index is 5.65. The number of hydrogen-bond donors (Lipinski definition) is 0. The molecule has 0 unspecified atom stereocenters. The van der Waals surface area contributed by atoms with Crippen molar-refractivity contribution in [2.75, 3.05) is 7.11 Å². The highest BCUT2D eigenvalue weighted by atomic mass is 35.5. The number of ether oxygens (including phenoxy) is 2. The van der Waals surface area contributed by atoms with E-state index in [1.165, 1.54) is 6.20 Å². The highest BCUT2D eigenvalue weighted by Crippen LogP contribution is 2.13. The molecular weight excluding hydrogens is 252 g/mol. The predicted octanol–water partition coefficient (Wildman–Crippen LogP) is 2.86. The third-order valence-electron chi connectivity index (χ3n) is 2.33. The fraction of sp³-hybridized carbons (Fsp3) is 0.231. The van der Waals surface area contributed by atoms with Crippen LogP contribution in [-0.2, 0) is 18.0 Å². The normalized spacial score (nSPS) is 10.3. The van der Waals surface area contributed by atoms with Crippen LogP contribution in [0.4, 0.5) is 0 Å². The summed E-state index contributed by atoms with van der Waals surface area (Å²) in [6, 6.07) is 7.75. The zero-order valence-electron chi connectivity index (χ0n) is 9.97. The van der Waals surface area contributed by atoms with Crippen molar-refractivity contribution >= 4 is 11.6 Å². The Morgan fingerprint density at radius 2 is 2.06 bits per heavy atom. The first-order valence-electron chi connectivity index (χ1n) is 5.45. The molecule has 18 heavy (non-hydrogen) atoms. The number of hydrogen-bond acceptors (Lipinski definition) is 4. The largest absolute Gasteiger partial charge is 0.497 e. The van der Waals surface area contributed by atoms with Gasteiger partial charge in [0.05, 0.1) is 38.4 Å². The van der Waals surface area contributed by atoms with E-state index in [0.29, 0.717) is 18.4 Å². The monoisotopic (exact) mass is 264 g/mol. The third kappa shape index (κ3) is 3.68. The lowest BCUT2D eigenvalue weighted by atomic mass is 10.2. The average Bonchev–Trinajstić information content (AvgIpc) is 2.41. The number of halogens is 1. The van der Waals surface area contributed by atoms with Crippen molar-refractivity contribution in [3.8, 4) is 5.75 Å². The van der Waals surface area contributed by atoms with Gasteiger partial charge >= 0.3 is 0 Å². The molecule has 5 heteroatoms. The molecule has 0 saturated heterocycles. The standard InChI is InChI=1S/C13H13ClN2O2/c1-17-12-4-2-3-10(5-12)8-18-9-11-6-16-13(14)7-15-11/h2-7H,8-9H2,1H3. The molecule has 1 aromatic heterocycles. The second-order valence-electron chi connectivity index (χ2n) is 3.67. The van der Waals surface area contributed by atoms with E-state index in [-0.39, 0.29) is 0 Å². The molecule has 0 saturated carbocycles. The van der Waals surface area contributed by atoms with Crippen molar-refractivity contribution in [1.29, 1.82) is 0 Å². The lowest BCUT2D eigenvalue weighted by Crippen LogP contribution is -1.97. The zero-order valence-corrected chi connectivity index (χ0v) is 10.7. The van der Waals surface area contributed by atoms with Crippen LogP contribution >= 0.6 is 11.6 Å². The molecule has 1 heterocycles. The van der Waals surface area contributed by atoms with Crippen LogP contribution in [0.15, 0.2) is 36.7 Å². The molecular formula is C13H13ClN2O2. The lowest BCUT2D eigenvalue weighted by Gasteiger charge is -2.05. The van der Waals surface area contributed by atoms with Crippen LogP contribution < -0.4 is 4.74 Å². The second-order valence-corrected chi connectivity index (χ2v) is 4.06. The Morgan fingerprint density at radius 1 is 1.17 bits per heavy atom. The van der Waals surface area contributed by atoms with E-state index in [9.17, 15) is 0 Å². The van der Waals surface area contributed by atoms with Crippen LogP contribution in [0.3, 0.4) is 0 Å². The van der Waals surface area contributed by atoms with Gasteiger partial charge in [-0.3, -0.25) is 4.98 Å². The van der Waals surface area contributed by atoms with Crippen LogP contribution in [-0.4, -0.2) is 17.1 Å². The van der Waals surface area contributed by atoms with Crippen LogP contribution in [0.5, 0.6) is 5.75 Å². The SMILES string of the molecule is COc1cccc(COCc2cnc(Cl)cn2)c1. The lowest BCUT2D eigenvalue weighted by molar-refractivity contribution is 0.104. The van der Waals surface area contributed by atoms with Gasteiger partial charge < -0.3 is 9.47 Å². The highest BCUT2D eigenvalue weighted by Gasteiger charge is 1.99. The molecule has 0 aliphatic heterocycles. The van der Waals surface area contributed by atoms with E-state index in [0.717, 1.165) is 17.0 Å². The minimum atomic E-state index is 0.381. The summed E-state index contributed by atoms with van der Waals surface area (Å²) in [6.07, 6.45) is 3.11. The van der Waals surface area contributed by atoms with Gasteiger partial charge in [0, 0.05) is 0 Å². The van der Waals surface area contributed by atoms with Crippen molar-refractivity contribution < 1.29 is 9.47 Å². The van der Waals surface area contributed by atoms with Gasteiger partial charge in [0.2, 0.25) is 0 Å². The van der Waals surface area contributed by atoms with E-state index >= 15 is 0 Å². The topological polar surface area (TPSA) is 44.2 Å². The van der Waals surface area contributed by atoms with E-state index < -0.39 is 0 Å². The van der Waals surface area contributed by atoms with Crippen molar-refractivity contribution in [3.05, 3.63) is 53.1 Å². The summed E-state index contributed by atoms with van der Waals surface area (Å²) in [7, 11) is 1.64. The van der Waals surface area contributed by atoms with Crippen molar-refractivity contribution in [3.63, 3.8) is 0 Å². The number of methoxy groups -OCH3 is 1. The fourth-order valence-corrected chi connectivity index (χ4v) is 1.55. The summed E-state index contributed by atoms with van der Waals surface area (Å²) in [5.41, 5.74) is 1.80. The first-order chi connectivity index (χ1) is 8.78. The molecule has 0 atom stereocenters. The highest BCUT2D eigenvalue weighted by molar-refractivity contribution is 6.29. The van der Waals surface area contributed by atoms with E-state index in [1.807, 2.05) is 24.3 Å². The molecule has 0 amide bonds. The molecule has 1 aromatic carbocycles. The molecule has 94 valence electrons. The molecule has 0 bridgehead atoms. The molecule has 0 spiro atoms. The van der Waals surface area contributed by atoms with Crippen LogP contribution in [0.25, 0.3) is 0 Å². The Bertz CT molecular complexity index is 503. The quantitative estimate of drug-likeness (QED) is 0.833. The molecule has 2 aromatic rings. The van der Waals surface area contributed by atoms with Gasteiger partial charge in [-0.15, -0.1) is 0 Å². The third-order valence-corrected chi connectivity index (χ3v) is 2.52. The first-order valence-corrected chi connectivity index (χ1v) is 5.83. The Hall–Kier alpha value is -1.65. The predicted molar refractivity (Wildman–Crippen MR) is 68.5 cm³/mol. The van der Waals surface area contributed by atoms with Crippen molar-refractivity contribution in [2.45, 2.75) is 13.2 Å². The summed E-state index contributed by atoms with van der Waals surface area (Å²) in [6.45, 7) is 0.906. The summed E-state index contributed by atoms with van der Waals surface area (Å²) in [5, 5.41) is 0.381. The number of rotatable bonds is 5. The van der Waals surface area contributed by atoms with Gasteiger partial charge in [-0.05, 0) is 17.7 Å². The smallest absolute Gasteiger partial charge is 0.147 e. The maximum absolute atomic E-state index is 5.65. The van der Waals surface area contributed by atoms with E-state index in [4.69, 9.17) is 21.1 Å². The summed E-state index contributed by atoms with van der Waals surface area (Å²) in [5.74, 6) is 0.822. The summed E-state index contributed by atoms with van der Waals surface area (Å²) >= 11 is 5.65. The van der Waals surface area contributed by atoms with Gasteiger partial charge in [-0.25, -0.2) is 4.98 Å². The zero-order chi connectivity index (χ0) is 12.8. The van der Waals surface area contributed by atoms with Crippen molar-refractivity contribution in [1.82, 2.24) is 9.97 Å². The maximum Gasteiger partial charge on any atom is 0.147 e.